The topological polar surface area (TPSA) is 70.5 Å². The fraction of sp³-hybridized carbons (Fsp3) is 0.450. The monoisotopic (exact) mass is 419 g/mol. The van der Waals surface area contributed by atoms with Gasteiger partial charge in [-0.1, -0.05) is 0 Å². The van der Waals surface area contributed by atoms with Gasteiger partial charge in [-0.2, -0.15) is 5.10 Å². The molecule has 1 aromatic heterocycles. The molecule has 0 bridgehead atoms. The van der Waals surface area contributed by atoms with Gasteiger partial charge in [0.15, 0.2) is 17.5 Å². The number of nitrogens with zero attached hydrogens (tertiary/aromatic N) is 4. The quantitative estimate of drug-likeness (QED) is 0.757. The smallest absolute Gasteiger partial charge is 0.313 e. The maximum atomic E-state index is 13.5. The Labute approximate surface area is 170 Å². The summed E-state index contributed by atoms with van der Waals surface area (Å²) in [5.74, 6) is -4.27. The zero-order valence-electron chi connectivity index (χ0n) is 16.1. The summed E-state index contributed by atoms with van der Waals surface area (Å²) in [6.45, 7) is 0.838. The number of carbonyl (C=O) groups excluding carboxylic acids is 2. The molecule has 5 rings (SSSR count). The van der Waals surface area contributed by atoms with Crippen LogP contribution in [0.1, 0.15) is 43.8 Å². The van der Waals surface area contributed by atoms with E-state index in [1.165, 1.54) is 0 Å². The average Bonchev–Trinajstić information content (AvgIpc) is 3.43. The lowest BCUT2D eigenvalue weighted by molar-refractivity contribution is -0.117. The molecule has 2 aliphatic heterocycles. The summed E-state index contributed by atoms with van der Waals surface area (Å²) in [6.07, 6.45) is 5.48. The van der Waals surface area contributed by atoms with Crippen LogP contribution in [0.25, 0.3) is 0 Å². The lowest BCUT2D eigenvalue weighted by atomic mass is 10.1. The number of benzene rings is 1. The fourth-order valence-corrected chi connectivity index (χ4v) is 4.84. The van der Waals surface area contributed by atoms with Crippen LogP contribution in [0.5, 0.6) is 0 Å². The third-order valence-corrected chi connectivity index (χ3v) is 6.22. The van der Waals surface area contributed by atoms with Crippen LogP contribution >= 0.6 is 0 Å². The highest BCUT2D eigenvalue weighted by Crippen LogP contribution is 2.42. The molecule has 3 amide bonds. The van der Waals surface area contributed by atoms with Crippen LogP contribution in [0.2, 0.25) is 0 Å². The molecule has 7 nitrogen and oxygen atoms in total. The fourth-order valence-electron chi connectivity index (χ4n) is 4.84. The number of anilines is 2. The number of nitrogens with one attached hydrogen (secondary N) is 1. The van der Waals surface area contributed by atoms with Gasteiger partial charge in [0.05, 0.1) is 36.2 Å². The number of halogens is 3. The molecular formula is C20H20F3N5O2. The Balaban J connectivity index is 1.45. The van der Waals surface area contributed by atoms with Crippen LogP contribution in [-0.2, 0) is 11.3 Å². The Hall–Kier alpha value is -3.04. The molecule has 2 atom stereocenters. The normalized spacial score (nSPS) is 23.0. The van der Waals surface area contributed by atoms with Gasteiger partial charge in [0.2, 0.25) is 5.91 Å². The van der Waals surface area contributed by atoms with Gasteiger partial charge in [0, 0.05) is 30.8 Å². The highest BCUT2D eigenvalue weighted by atomic mass is 19.2. The summed E-state index contributed by atoms with van der Waals surface area (Å²) >= 11 is 0. The summed E-state index contributed by atoms with van der Waals surface area (Å²) < 4.78 is 42.2. The largest absolute Gasteiger partial charge is 0.322 e. The maximum absolute atomic E-state index is 13.5. The molecule has 1 saturated heterocycles. The molecule has 1 aromatic carbocycles. The number of hydrogen-bond donors (Lipinski definition) is 1. The van der Waals surface area contributed by atoms with E-state index < -0.39 is 23.5 Å². The third-order valence-electron chi connectivity index (χ3n) is 6.22. The lowest BCUT2D eigenvalue weighted by Crippen LogP contribution is -2.49. The zero-order valence-corrected chi connectivity index (χ0v) is 16.1. The first kappa shape index (κ1) is 19.0. The molecule has 2 aromatic rings. The number of aromatic nitrogens is 2. The minimum Gasteiger partial charge on any atom is -0.313 e. The van der Waals surface area contributed by atoms with E-state index in [1.54, 1.807) is 16.0 Å². The average molecular weight is 419 g/mol. The summed E-state index contributed by atoms with van der Waals surface area (Å²) in [7, 11) is 0. The van der Waals surface area contributed by atoms with Crippen LogP contribution in [-0.4, -0.2) is 39.2 Å². The van der Waals surface area contributed by atoms with Crippen molar-refractivity contribution in [1.82, 2.24) is 14.7 Å². The van der Waals surface area contributed by atoms with Gasteiger partial charge in [-0.15, -0.1) is 0 Å². The van der Waals surface area contributed by atoms with Gasteiger partial charge < -0.3 is 15.1 Å². The van der Waals surface area contributed by atoms with Crippen LogP contribution in [0, 0.1) is 17.5 Å². The minimum absolute atomic E-state index is 0.0207. The molecule has 2 fully saturated rings. The second-order valence-electron chi connectivity index (χ2n) is 7.95. The van der Waals surface area contributed by atoms with Gasteiger partial charge in [0.1, 0.15) is 0 Å². The summed E-state index contributed by atoms with van der Waals surface area (Å²) in [5.41, 5.74) is 1.33. The first-order chi connectivity index (χ1) is 14.4. The minimum atomic E-state index is -1.58. The zero-order chi connectivity index (χ0) is 21.0. The highest BCUT2D eigenvalue weighted by molar-refractivity contribution is 5.96. The van der Waals surface area contributed by atoms with Crippen molar-refractivity contribution in [3.8, 4) is 0 Å². The second-order valence-corrected chi connectivity index (χ2v) is 7.95. The molecule has 0 spiro atoms. The van der Waals surface area contributed by atoms with Crippen molar-refractivity contribution in [3.05, 3.63) is 41.5 Å². The summed E-state index contributed by atoms with van der Waals surface area (Å²) in [5, 5.41) is 7.00. The van der Waals surface area contributed by atoms with Crippen LogP contribution in [0.3, 0.4) is 0 Å². The van der Waals surface area contributed by atoms with Gasteiger partial charge in [-0.25, -0.2) is 18.0 Å². The van der Waals surface area contributed by atoms with Crippen LogP contribution in [0.15, 0.2) is 18.3 Å². The van der Waals surface area contributed by atoms with Gasteiger partial charge >= 0.3 is 6.03 Å². The van der Waals surface area contributed by atoms with E-state index in [0.717, 1.165) is 43.5 Å². The molecule has 158 valence electrons. The van der Waals surface area contributed by atoms with E-state index in [-0.39, 0.29) is 30.2 Å². The van der Waals surface area contributed by atoms with Crippen molar-refractivity contribution >= 4 is 23.3 Å². The number of amides is 3. The molecular weight excluding hydrogens is 399 g/mol. The first-order valence-corrected chi connectivity index (χ1v) is 10.0. The molecule has 1 saturated carbocycles. The lowest BCUT2D eigenvalue weighted by Gasteiger charge is -2.39. The molecule has 30 heavy (non-hydrogen) atoms. The van der Waals surface area contributed by atoms with E-state index in [9.17, 15) is 22.8 Å². The molecule has 1 N–H and O–H groups in total. The Morgan fingerprint density at radius 3 is 2.53 bits per heavy atom. The van der Waals surface area contributed by atoms with E-state index in [0.29, 0.717) is 18.7 Å². The van der Waals surface area contributed by atoms with Crippen molar-refractivity contribution in [1.29, 1.82) is 0 Å². The molecule has 0 radical (unpaired) electrons. The summed E-state index contributed by atoms with van der Waals surface area (Å²) in [6, 6.07) is 0.849. The Morgan fingerprint density at radius 1 is 1.10 bits per heavy atom. The molecule has 0 unspecified atom stereocenters. The number of fused-ring (bicyclic) bond motifs is 3. The van der Waals surface area contributed by atoms with Gasteiger partial charge in [-0.3, -0.25) is 9.48 Å². The molecule has 10 heteroatoms. The molecule has 1 aliphatic carbocycles. The SMILES string of the molecule is O=C1CCCN1c1cnn2c1CN(C(=O)Nc1cc(F)c(F)c(F)c1)[C@H]1CCC[C@H]12. The Morgan fingerprint density at radius 2 is 1.83 bits per heavy atom. The Bertz CT molecular complexity index is 1020. The van der Waals surface area contributed by atoms with Crippen molar-refractivity contribution in [2.24, 2.45) is 0 Å². The predicted octanol–water partition coefficient (Wildman–Crippen LogP) is 3.57. The maximum Gasteiger partial charge on any atom is 0.322 e. The van der Waals surface area contributed by atoms with E-state index in [4.69, 9.17) is 0 Å². The molecule has 3 aliphatic rings. The van der Waals surface area contributed by atoms with Gasteiger partial charge in [-0.05, 0) is 25.7 Å². The number of hydrogen-bond acceptors (Lipinski definition) is 3. The molecule has 3 heterocycles. The summed E-state index contributed by atoms with van der Waals surface area (Å²) in [4.78, 5) is 28.6. The number of carbonyl (C=O) groups is 2. The van der Waals surface area contributed by atoms with Crippen molar-refractivity contribution in [2.75, 3.05) is 16.8 Å². The van der Waals surface area contributed by atoms with Crippen molar-refractivity contribution < 1.29 is 22.8 Å². The van der Waals surface area contributed by atoms with Crippen LogP contribution in [0.4, 0.5) is 29.3 Å². The first-order valence-electron chi connectivity index (χ1n) is 10.0. The van der Waals surface area contributed by atoms with Crippen molar-refractivity contribution in [2.45, 2.75) is 50.7 Å². The van der Waals surface area contributed by atoms with E-state index in [1.807, 2.05) is 4.68 Å². The second kappa shape index (κ2) is 7.03. The van der Waals surface area contributed by atoms with Crippen LogP contribution < -0.4 is 10.2 Å². The third kappa shape index (κ3) is 2.93. The van der Waals surface area contributed by atoms with E-state index in [2.05, 4.69) is 10.4 Å². The highest BCUT2D eigenvalue weighted by Gasteiger charge is 2.43. The van der Waals surface area contributed by atoms with Gasteiger partial charge in [0.25, 0.3) is 0 Å². The van der Waals surface area contributed by atoms with Crippen molar-refractivity contribution in [3.63, 3.8) is 0 Å². The number of urea groups is 1. The Kier molecular flexibility index (Phi) is 4.44. The predicted molar refractivity (Wildman–Crippen MR) is 101 cm³/mol. The van der Waals surface area contributed by atoms with E-state index >= 15 is 0 Å². The number of rotatable bonds is 2. The standard InChI is InChI=1S/C20H20F3N5O2/c21-12-7-11(8-13(22)19(12)23)25-20(30)27-10-17-16(26-6-2-5-18(26)29)9-24-28(17)15-4-1-3-14(15)27/h7-9,14-15H,1-6,10H2,(H,25,30)/t14-,15+/m0/s1.